The van der Waals surface area contributed by atoms with Gasteiger partial charge in [0, 0.05) is 30.1 Å². The SMILES string of the molecule is Cc1csc(CC(N)C2CCOC3(CCCCC3)C2)n1. The van der Waals surface area contributed by atoms with Crippen LogP contribution in [0.3, 0.4) is 0 Å². The number of aromatic nitrogens is 1. The normalized spacial score (nSPS) is 27.6. The lowest BCUT2D eigenvalue weighted by atomic mass is 9.74. The minimum Gasteiger partial charge on any atom is -0.375 e. The van der Waals surface area contributed by atoms with Crippen molar-refractivity contribution in [2.24, 2.45) is 11.7 Å². The fraction of sp³-hybridized carbons (Fsp3) is 0.812. The minimum atomic E-state index is 0.164. The van der Waals surface area contributed by atoms with Crippen LogP contribution in [0.5, 0.6) is 0 Å². The van der Waals surface area contributed by atoms with Gasteiger partial charge < -0.3 is 10.5 Å². The van der Waals surface area contributed by atoms with Crippen molar-refractivity contribution >= 4 is 11.3 Å². The van der Waals surface area contributed by atoms with Gasteiger partial charge in [-0.3, -0.25) is 0 Å². The number of nitrogens with zero attached hydrogens (tertiary/aromatic N) is 1. The Kier molecular flexibility index (Phi) is 4.43. The second-order valence-electron chi connectivity index (χ2n) is 6.60. The van der Waals surface area contributed by atoms with Gasteiger partial charge in [0.25, 0.3) is 0 Å². The molecular formula is C16H26N2OS. The van der Waals surface area contributed by atoms with E-state index in [1.807, 2.05) is 0 Å². The highest BCUT2D eigenvalue weighted by atomic mass is 32.1. The summed E-state index contributed by atoms with van der Waals surface area (Å²) in [5, 5.41) is 3.31. The van der Waals surface area contributed by atoms with Crippen molar-refractivity contribution in [1.82, 2.24) is 4.98 Å². The van der Waals surface area contributed by atoms with Crippen molar-refractivity contribution in [2.45, 2.75) is 69.9 Å². The zero-order valence-corrected chi connectivity index (χ0v) is 13.3. The Morgan fingerprint density at radius 1 is 1.45 bits per heavy atom. The summed E-state index contributed by atoms with van der Waals surface area (Å²) in [6.45, 7) is 2.95. The van der Waals surface area contributed by atoms with Crippen molar-refractivity contribution < 1.29 is 4.74 Å². The van der Waals surface area contributed by atoms with E-state index in [9.17, 15) is 0 Å². The van der Waals surface area contributed by atoms with Gasteiger partial charge in [0.05, 0.1) is 10.6 Å². The molecule has 1 spiro atoms. The molecule has 2 atom stereocenters. The Labute approximate surface area is 125 Å². The standard InChI is InChI=1S/C16H26N2OS/c1-12-11-20-15(18-12)9-14(17)13-5-8-19-16(10-13)6-3-2-4-7-16/h11,13-14H,2-10,17H2,1H3. The van der Waals surface area contributed by atoms with Crippen LogP contribution in [0, 0.1) is 12.8 Å². The van der Waals surface area contributed by atoms with Gasteiger partial charge in [-0.1, -0.05) is 19.3 Å². The molecule has 1 saturated carbocycles. The molecule has 1 aromatic rings. The molecule has 1 aliphatic carbocycles. The zero-order chi connectivity index (χ0) is 14.0. The number of rotatable bonds is 3. The summed E-state index contributed by atoms with van der Waals surface area (Å²) in [4.78, 5) is 4.56. The highest BCUT2D eigenvalue weighted by Gasteiger charge is 2.40. The minimum absolute atomic E-state index is 0.164. The Morgan fingerprint density at radius 3 is 2.95 bits per heavy atom. The number of hydrogen-bond donors (Lipinski definition) is 1. The van der Waals surface area contributed by atoms with E-state index in [2.05, 4.69) is 17.3 Å². The average molecular weight is 294 g/mol. The lowest BCUT2D eigenvalue weighted by molar-refractivity contribution is -0.120. The first-order chi connectivity index (χ1) is 9.67. The highest BCUT2D eigenvalue weighted by molar-refractivity contribution is 7.09. The predicted molar refractivity (Wildman–Crippen MR) is 83.0 cm³/mol. The number of aryl methyl sites for hydroxylation is 1. The molecule has 0 amide bonds. The van der Waals surface area contributed by atoms with E-state index in [-0.39, 0.29) is 11.6 Å². The van der Waals surface area contributed by atoms with Crippen molar-refractivity contribution in [1.29, 1.82) is 0 Å². The smallest absolute Gasteiger partial charge is 0.0943 e. The first-order valence-electron chi connectivity index (χ1n) is 7.97. The van der Waals surface area contributed by atoms with Crippen LogP contribution in [0.25, 0.3) is 0 Å². The molecule has 2 aliphatic rings. The molecule has 2 unspecified atom stereocenters. The molecule has 2 N–H and O–H groups in total. The molecule has 1 aromatic heterocycles. The van der Waals surface area contributed by atoms with Gasteiger partial charge in [-0.2, -0.15) is 0 Å². The number of nitrogens with two attached hydrogens (primary N) is 1. The zero-order valence-electron chi connectivity index (χ0n) is 12.4. The van der Waals surface area contributed by atoms with Crippen LogP contribution < -0.4 is 5.73 Å². The number of thiazole rings is 1. The van der Waals surface area contributed by atoms with Crippen molar-refractivity contribution in [2.75, 3.05) is 6.61 Å². The van der Waals surface area contributed by atoms with E-state index in [1.165, 1.54) is 43.5 Å². The Bertz CT molecular complexity index is 434. The van der Waals surface area contributed by atoms with E-state index < -0.39 is 0 Å². The lowest BCUT2D eigenvalue weighted by Gasteiger charge is -2.45. The van der Waals surface area contributed by atoms with Crippen molar-refractivity contribution in [3.63, 3.8) is 0 Å². The first-order valence-corrected chi connectivity index (χ1v) is 8.85. The third kappa shape index (κ3) is 3.23. The molecule has 3 rings (SSSR count). The Balaban J connectivity index is 1.61. The molecule has 0 bridgehead atoms. The molecular weight excluding hydrogens is 268 g/mol. The van der Waals surface area contributed by atoms with Gasteiger partial charge in [0.1, 0.15) is 0 Å². The second-order valence-corrected chi connectivity index (χ2v) is 7.54. The third-order valence-electron chi connectivity index (χ3n) is 4.98. The summed E-state index contributed by atoms with van der Waals surface area (Å²) >= 11 is 1.75. The predicted octanol–water partition coefficient (Wildman–Crippen LogP) is 3.45. The van der Waals surface area contributed by atoms with E-state index >= 15 is 0 Å². The monoisotopic (exact) mass is 294 g/mol. The fourth-order valence-electron chi connectivity index (χ4n) is 3.84. The van der Waals surface area contributed by atoms with E-state index in [0.717, 1.165) is 25.1 Å². The quantitative estimate of drug-likeness (QED) is 0.929. The van der Waals surface area contributed by atoms with Crippen molar-refractivity contribution in [3.8, 4) is 0 Å². The maximum Gasteiger partial charge on any atom is 0.0943 e. The molecule has 1 saturated heterocycles. The Morgan fingerprint density at radius 2 is 2.25 bits per heavy atom. The summed E-state index contributed by atoms with van der Waals surface area (Å²) < 4.78 is 6.17. The van der Waals surface area contributed by atoms with Gasteiger partial charge in [-0.15, -0.1) is 11.3 Å². The van der Waals surface area contributed by atoms with Crippen LogP contribution >= 0.6 is 11.3 Å². The molecule has 2 heterocycles. The highest BCUT2D eigenvalue weighted by Crippen LogP contribution is 2.41. The van der Waals surface area contributed by atoms with E-state index in [0.29, 0.717) is 5.92 Å². The summed E-state index contributed by atoms with van der Waals surface area (Å²) in [6.07, 6.45) is 9.73. The van der Waals surface area contributed by atoms with Gasteiger partial charge in [0.2, 0.25) is 0 Å². The van der Waals surface area contributed by atoms with Crippen LogP contribution in [0.2, 0.25) is 0 Å². The maximum absolute atomic E-state index is 6.49. The van der Waals surface area contributed by atoms with Gasteiger partial charge >= 0.3 is 0 Å². The fourth-order valence-corrected chi connectivity index (χ4v) is 4.69. The van der Waals surface area contributed by atoms with Crippen LogP contribution in [0.1, 0.15) is 55.6 Å². The summed E-state index contributed by atoms with van der Waals surface area (Å²) in [6, 6.07) is 0.239. The Hall–Kier alpha value is -0.450. The molecule has 1 aliphatic heterocycles. The second kappa shape index (κ2) is 6.12. The molecule has 112 valence electrons. The molecule has 0 aromatic carbocycles. The van der Waals surface area contributed by atoms with Crippen LogP contribution in [-0.4, -0.2) is 23.2 Å². The topological polar surface area (TPSA) is 48.1 Å². The summed E-state index contributed by atoms with van der Waals surface area (Å²) in [5.74, 6) is 0.603. The molecule has 2 fully saturated rings. The summed E-state index contributed by atoms with van der Waals surface area (Å²) in [7, 11) is 0. The largest absolute Gasteiger partial charge is 0.375 e. The molecule has 0 radical (unpaired) electrons. The maximum atomic E-state index is 6.49. The summed E-state index contributed by atoms with van der Waals surface area (Å²) in [5.41, 5.74) is 7.77. The van der Waals surface area contributed by atoms with Crippen LogP contribution in [-0.2, 0) is 11.2 Å². The van der Waals surface area contributed by atoms with Crippen molar-refractivity contribution in [3.05, 3.63) is 16.1 Å². The van der Waals surface area contributed by atoms with Gasteiger partial charge in [0.15, 0.2) is 0 Å². The van der Waals surface area contributed by atoms with E-state index in [4.69, 9.17) is 10.5 Å². The molecule has 20 heavy (non-hydrogen) atoms. The lowest BCUT2D eigenvalue weighted by Crippen LogP contribution is -2.46. The first kappa shape index (κ1) is 14.5. The number of hydrogen-bond acceptors (Lipinski definition) is 4. The van der Waals surface area contributed by atoms with Crippen LogP contribution in [0.15, 0.2) is 5.38 Å². The van der Waals surface area contributed by atoms with E-state index in [1.54, 1.807) is 11.3 Å². The molecule has 3 nitrogen and oxygen atoms in total. The number of ether oxygens (including phenoxy) is 1. The van der Waals surface area contributed by atoms with Gasteiger partial charge in [-0.05, 0) is 38.5 Å². The van der Waals surface area contributed by atoms with Gasteiger partial charge in [-0.25, -0.2) is 4.98 Å². The van der Waals surface area contributed by atoms with Crippen LogP contribution in [0.4, 0.5) is 0 Å². The third-order valence-corrected chi connectivity index (χ3v) is 5.97. The molecule has 4 heteroatoms. The average Bonchev–Trinajstić information content (AvgIpc) is 2.85.